The molecule has 1 aromatic heterocycles. The Labute approximate surface area is 246 Å². The molecule has 43 heavy (non-hydrogen) atoms. The molecule has 4 bridgehead atoms. The van der Waals surface area contributed by atoms with Gasteiger partial charge in [0.2, 0.25) is 5.91 Å². The number of para-hydroxylation sites is 1. The molecule has 0 radical (unpaired) electrons. The number of halogens is 2. The third kappa shape index (κ3) is 5.53. The van der Waals surface area contributed by atoms with Gasteiger partial charge in [-0.3, -0.25) is 14.4 Å². The van der Waals surface area contributed by atoms with Crippen LogP contribution in [0, 0.1) is 24.0 Å². The van der Waals surface area contributed by atoms with Gasteiger partial charge in [-0.1, -0.05) is 23.4 Å². The van der Waals surface area contributed by atoms with Gasteiger partial charge in [0.1, 0.15) is 5.76 Å². The number of hydrogen-bond acceptors (Lipinski definition) is 7. The summed E-state index contributed by atoms with van der Waals surface area (Å²) in [6.07, 6.45) is 0.849. The number of nitrogens with one attached hydrogen (secondary N) is 1. The Bertz CT molecular complexity index is 1560. The largest absolute Gasteiger partial charge is 0.490 e. The van der Waals surface area contributed by atoms with E-state index >= 15 is 0 Å². The van der Waals surface area contributed by atoms with Crippen LogP contribution in [0.5, 0.6) is 11.5 Å². The quantitative estimate of drug-likeness (QED) is 0.481. The van der Waals surface area contributed by atoms with Crippen molar-refractivity contribution in [3.63, 3.8) is 0 Å². The van der Waals surface area contributed by atoms with Crippen molar-refractivity contribution in [1.82, 2.24) is 20.3 Å². The van der Waals surface area contributed by atoms with E-state index in [9.17, 15) is 23.2 Å². The molecule has 3 amide bonds. The highest BCUT2D eigenvalue weighted by atomic mass is 19.2. The first kappa shape index (κ1) is 28.6. The van der Waals surface area contributed by atoms with Crippen LogP contribution in [0.1, 0.15) is 57.4 Å². The number of aryl methyl sites for hydroxylation is 1. The third-order valence-corrected chi connectivity index (χ3v) is 8.44. The summed E-state index contributed by atoms with van der Waals surface area (Å²) in [5, 5.41) is 6.92. The number of likely N-dealkylation sites (tertiary alicyclic amines) is 1. The molecule has 2 aromatic carbocycles. The van der Waals surface area contributed by atoms with Crippen molar-refractivity contribution in [3.8, 4) is 11.5 Å². The number of nitrogens with zero attached hydrogens (tertiary/aromatic N) is 3. The molecule has 1 spiro atoms. The Morgan fingerprint density at radius 2 is 1.86 bits per heavy atom. The monoisotopic (exact) mass is 594 g/mol. The van der Waals surface area contributed by atoms with Crippen LogP contribution in [0.15, 0.2) is 47.0 Å². The van der Waals surface area contributed by atoms with Crippen molar-refractivity contribution in [2.24, 2.45) is 5.41 Å². The summed E-state index contributed by atoms with van der Waals surface area (Å²) < 4.78 is 45.8. The maximum Gasteiger partial charge on any atom is 0.276 e. The Kier molecular flexibility index (Phi) is 7.76. The smallest absolute Gasteiger partial charge is 0.276 e. The van der Waals surface area contributed by atoms with Crippen molar-refractivity contribution in [2.45, 2.75) is 32.1 Å². The first-order valence-corrected chi connectivity index (χ1v) is 14.4. The molecular formula is C31H32F2N4O6. The van der Waals surface area contributed by atoms with Gasteiger partial charge in [0.05, 0.1) is 18.8 Å². The standard InChI is InChI=1S/C31H32F2N4O6/c1-19-14-24(35-43-19)30(40)37-15-22-20-6-3-9-25-28(20)42-18-31(22,17-37)16-34-26(38)10-4-11-36(12-5-13-41-25)29(39)21-7-2-8-23(32)27(21)33/h2-3,6-9,14,22H,4-5,10-13,15-18H2,1H3,(H,34,38)/t22-,31+/m0/s1. The molecule has 0 unspecified atom stereocenters. The van der Waals surface area contributed by atoms with E-state index in [4.69, 9.17) is 14.0 Å². The minimum atomic E-state index is -1.20. The van der Waals surface area contributed by atoms with Crippen LogP contribution < -0.4 is 14.8 Å². The molecule has 1 saturated heterocycles. The number of aromatic nitrogens is 1. The average Bonchev–Trinajstić information content (AvgIpc) is 3.62. The Hall–Kier alpha value is -4.48. The number of rotatable bonds is 2. The zero-order valence-corrected chi connectivity index (χ0v) is 23.7. The van der Waals surface area contributed by atoms with Crippen LogP contribution in [-0.2, 0) is 4.79 Å². The summed E-state index contributed by atoms with van der Waals surface area (Å²) in [6, 6.07) is 10.7. The minimum Gasteiger partial charge on any atom is -0.490 e. The summed E-state index contributed by atoms with van der Waals surface area (Å²) in [7, 11) is 0. The first-order chi connectivity index (χ1) is 20.8. The molecule has 7 rings (SSSR count). The van der Waals surface area contributed by atoms with E-state index in [0.717, 1.165) is 11.6 Å². The van der Waals surface area contributed by atoms with Crippen LogP contribution in [-0.4, -0.2) is 78.6 Å². The van der Waals surface area contributed by atoms with Crippen LogP contribution in [0.2, 0.25) is 0 Å². The van der Waals surface area contributed by atoms with Gasteiger partial charge in [0.15, 0.2) is 28.8 Å². The zero-order valence-electron chi connectivity index (χ0n) is 23.7. The SMILES string of the molecule is Cc1cc(C(=O)N2C[C@H]3c4cccc5c4OC[C@@]3(CNC(=O)CCCN(C(=O)c3cccc(F)c3F)CCCO5)C2)no1. The highest BCUT2D eigenvalue weighted by Crippen LogP contribution is 2.52. The van der Waals surface area contributed by atoms with Crippen LogP contribution in [0.25, 0.3) is 0 Å². The van der Waals surface area contributed by atoms with E-state index < -0.39 is 23.0 Å². The molecule has 4 aliphatic rings. The number of amides is 3. The third-order valence-electron chi connectivity index (χ3n) is 8.44. The lowest BCUT2D eigenvalue weighted by Gasteiger charge is -2.39. The molecule has 1 fully saturated rings. The fraction of sp³-hybridized carbons (Fsp3) is 0.419. The maximum absolute atomic E-state index is 14.4. The second-order valence-electron chi connectivity index (χ2n) is 11.4. The number of carbonyl (C=O) groups excluding carboxylic acids is 3. The van der Waals surface area contributed by atoms with Crippen molar-refractivity contribution < 1.29 is 37.2 Å². The molecule has 4 aliphatic heterocycles. The van der Waals surface area contributed by atoms with Gasteiger partial charge in [-0.15, -0.1) is 0 Å². The van der Waals surface area contributed by atoms with Crippen LogP contribution in [0.4, 0.5) is 8.78 Å². The van der Waals surface area contributed by atoms with E-state index in [-0.39, 0.29) is 68.3 Å². The highest BCUT2D eigenvalue weighted by molar-refractivity contribution is 5.94. The van der Waals surface area contributed by atoms with Crippen molar-refractivity contribution in [1.29, 1.82) is 0 Å². The van der Waals surface area contributed by atoms with E-state index in [1.54, 1.807) is 24.0 Å². The predicted molar refractivity (Wildman–Crippen MR) is 149 cm³/mol. The van der Waals surface area contributed by atoms with Crippen molar-refractivity contribution in [2.75, 3.05) is 45.9 Å². The topological polar surface area (TPSA) is 114 Å². The lowest BCUT2D eigenvalue weighted by Crippen LogP contribution is -2.48. The molecule has 12 heteroatoms. The second kappa shape index (κ2) is 11.7. The maximum atomic E-state index is 14.4. The molecule has 10 nitrogen and oxygen atoms in total. The average molecular weight is 595 g/mol. The number of carbonyl (C=O) groups is 3. The summed E-state index contributed by atoms with van der Waals surface area (Å²) in [5.74, 6) is -1.88. The lowest BCUT2D eigenvalue weighted by atomic mass is 9.73. The second-order valence-corrected chi connectivity index (χ2v) is 11.4. The van der Waals surface area contributed by atoms with Gasteiger partial charge < -0.3 is 29.1 Å². The summed E-state index contributed by atoms with van der Waals surface area (Å²) >= 11 is 0. The van der Waals surface area contributed by atoms with Gasteiger partial charge in [0, 0.05) is 62.1 Å². The van der Waals surface area contributed by atoms with Gasteiger partial charge in [0.25, 0.3) is 11.8 Å². The Morgan fingerprint density at radius 3 is 2.67 bits per heavy atom. The molecule has 0 aliphatic carbocycles. The number of benzene rings is 2. The first-order valence-electron chi connectivity index (χ1n) is 14.4. The van der Waals surface area contributed by atoms with Gasteiger partial charge >= 0.3 is 0 Å². The molecule has 1 N–H and O–H groups in total. The Morgan fingerprint density at radius 1 is 1.05 bits per heavy atom. The normalized spacial score (nSPS) is 22.4. The van der Waals surface area contributed by atoms with E-state index in [2.05, 4.69) is 10.5 Å². The van der Waals surface area contributed by atoms with Gasteiger partial charge in [-0.2, -0.15) is 0 Å². The molecule has 5 heterocycles. The van der Waals surface area contributed by atoms with E-state index in [1.165, 1.54) is 17.0 Å². The summed E-state index contributed by atoms with van der Waals surface area (Å²) in [6.45, 7) is 3.65. The molecule has 0 saturated carbocycles. The molecule has 3 aromatic rings. The fourth-order valence-electron chi connectivity index (χ4n) is 6.23. The van der Waals surface area contributed by atoms with Gasteiger partial charge in [-0.25, -0.2) is 8.78 Å². The number of fused-ring (bicyclic) bond motifs is 11. The summed E-state index contributed by atoms with van der Waals surface area (Å²) in [4.78, 5) is 42.7. The number of ether oxygens (including phenoxy) is 2. The predicted octanol–water partition coefficient (Wildman–Crippen LogP) is 3.70. The fourth-order valence-corrected chi connectivity index (χ4v) is 6.23. The van der Waals surface area contributed by atoms with Crippen LogP contribution in [0.3, 0.4) is 0 Å². The van der Waals surface area contributed by atoms with Gasteiger partial charge in [-0.05, 0) is 38.0 Å². The van der Waals surface area contributed by atoms with Crippen LogP contribution >= 0.6 is 0 Å². The highest BCUT2D eigenvalue weighted by Gasteiger charge is 2.53. The molecule has 2 atom stereocenters. The summed E-state index contributed by atoms with van der Waals surface area (Å²) in [5.41, 5.74) is 0.162. The molecular weight excluding hydrogens is 562 g/mol. The lowest BCUT2D eigenvalue weighted by molar-refractivity contribution is -0.122. The minimum absolute atomic E-state index is 0.120. The zero-order chi connectivity index (χ0) is 30.1. The van der Waals surface area contributed by atoms with E-state index in [0.29, 0.717) is 43.2 Å². The molecule has 226 valence electrons. The Balaban J connectivity index is 1.25. The van der Waals surface area contributed by atoms with Crippen molar-refractivity contribution >= 4 is 17.7 Å². The number of hydrogen-bond donors (Lipinski definition) is 1. The van der Waals surface area contributed by atoms with Crippen molar-refractivity contribution in [3.05, 3.63) is 76.7 Å². The van der Waals surface area contributed by atoms with E-state index in [1.807, 2.05) is 12.1 Å².